The molecule has 2 aromatic heterocycles. The van der Waals surface area contributed by atoms with Gasteiger partial charge in [0.05, 0.1) is 5.39 Å². The van der Waals surface area contributed by atoms with Crippen LogP contribution in [0.15, 0.2) is 12.4 Å². The first-order valence-corrected chi connectivity index (χ1v) is 7.15. The second-order valence-corrected chi connectivity index (χ2v) is 5.66. The number of anilines is 1. The molecule has 5 nitrogen and oxygen atoms in total. The molecular weight excluding hydrogens is 262 g/mol. The molecule has 0 saturated carbocycles. The summed E-state index contributed by atoms with van der Waals surface area (Å²) >= 11 is 1.66. The molecule has 0 aliphatic heterocycles. The number of unbranched alkanes of at least 4 members (excludes halogenated alkanes) is 2. The molecule has 2 N–H and O–H groups in total. The van der Waals surface area contributed by atoms with Crippen LogP contribution in [-0.4, -0.2) is 27.6 Å². The van der Waals surface area contributed by atoms with E-state index in [0.29, 0.717) is 0 Å². The highest BCUT2D eigenvalue weighted by atomic mass is 32.1. The highest BCUT2D eigenvalue weighted by Gasteiger charge is 2.06. The number of nitrogens with one attached hydrogen (secondary N) is 1. The van der Waals surface area contributed by atoms with Gasteiger partial charge in [0.1, 0.15) is 17.0 Å². The van der Waals surface area contributed by atoms with Crippen LogP contribution in [0.25, 0.3) is 10.2 Å². The van der Waals surface area contributed by atoms with E-state index in [1.54, 1.807) is 17.7 Å². The number of rotatable bonds is 7. The van der Waals surface area contributed by atoms with E-state index in [1.165, 1.54) is 4.88 Å². The molecule has 0 fully saturated rings. The summed E-state index contributed by atoms with van der Waals surface area (Å²) in [4.78, 5) is 21.1. The molecule has 2 heterocycles. The zero-order valence-corrected chi connectivity index (χ0v) is 11.7. The molecule has 0 bridgehead atoms. The number of aliphatic carboxylic acids is 1. The lowest BCUT2D eigenvalue weighted by atomic mass is 10.2. The number of fused-ring (bicyclic) bond motifs is 1. The van der Waals surface area contributed by atoms with Gasteiger partial charge in [-0.3, -0.25) is 4.79 Å². The van der Waals surface area contributed by atoms with E-state index in [2.05, 4.69) is 28.3 Å². The predicted octanol–water partition coefficient (Wildman–Crippen LogP) is 3.06. The van der Waals surface area contributed by atoms with Gasteiger partial charge in [-0.1, -0.05) is 6.42 Å². The van der Waals surface area contributed by atoms with Crippen molar-refractivity contribution in [2.75, 3.05) is 11.9 Å². The number of carboxylic acid groups (broad SMARTS) is 1. The van der Waals surface area contributed by atoms with Crippen LogP contribution in [0.5, 0.6) is 0 Å². The maximum Gasteiger partial charge on any atom is 0.303 e. The summed E-state index contributed by atoms with van der Waals surface area (Å²) < 4.78 is 0. The normalized spacial score (nSPS) is 10.8. The van der Waals surface area contributed by atoms with Crippen LogP contribution in [0, 0.1) is 6.92 Å². The number of carbonyl (C=O) groups is 1. The smallest absolute Gasteiger partial charge is 0.303 e. The Morgan fingerprint density at radius 1 is 1.37 bits per heavy atom. The molecule has 0 unspecified atom stereocenters. The maximum absolute atomic E-state index is 10.4. The first kappa shape index (κ1) is 13.7. The molecule has 2 aromatic rings. The minimum absolute atomic E-state index is 0.251. The quantitative estimate of drug-likeness (QED) is 0.762. The van der Waals surface area contributed by atoms with Gasteiger partial charge in [0.15, 0.2) is 0 Å². The lowest BCUT2D eigenvalue weighted by molar-refractivity contribution is -0.137. The molecule has 6 heteroatoms. The Morgan fingerprint density at radius 2 is 2.21 bits per heavy atom. The fourth-order valence-corrected chi connectivity index (χ4v) is 2.75. The van der Waals surface area contributed by atoms with E-state index in [4.69, 9.17) is 5.11 Å². The predicted molar refractivity (Wildman–Crippen MR) is 76.7 cm³/mol. The number of aromatic nitrogens is 2. The summed E-state index contributed by atoms with van der Waals surface area (Å²) in [6.07, 6.45) is 4.42. The van der Waals surface area contributed by atoms with Crippen molar-refractivity contribution in [2.24, 2.45) is 0 Å². The van der Waals surface area contributed by atoms with Crippen LogP contribution >= 0.6 is 11.3 Å². The van der Waals surface area contributed by atoms with Gasteiger partial charge in [0, 0.05) is 17.8 Å². The fourth-order valence-electron chi connectivity index (χ4n) is 1.90. The van der Waals surface area contributed by atoms with E-state index in [1.807, 2.05) is 0 Å². The van der Waals surface area contributed by atoms with Crippen LogP contribution < -0.4 is 5.32 Å². The average molecular weight is 279 g/mol. The Bertz CT molecular complexity index is 568. The van der Waals surface area contributed by atoms with Crippen LogP contribution in [0.3, 0.4) is 0 Å². The molecule has 0 aliphatic carbocycles. The van der Waals surface area contributed by atoms with Crippen molar-refractivity contribution in [2.45, 2.75) is 32.6 Å². The molecule has 2 rings (SSSR count). The Balaban J connectivity index is 1.83. The Labute approximate surface area is 115 Å². The van der Waals surface area contributed by atoms with Crippen LogP contribution in [0.1, 0.15) is 30.6 Å². The van der Waals surface area contributed by atoms with Gasteiger partial charge in [-0.05, 0) is 25.8 Å². The third kappa shape index (κ3) is 3.89. The zero-order valence-electron chi connectivity index (χ0n) is 10.8. The Morgan fingerprint density at radius 3 is 3.00 bits per heavy atom. The largest absolute Gasteiger partial charge is 0.481 e. The molecular formula is C13H17N3O2S. The molecule has 19 heavy (non-hydrogen) atoms. The molecule has 0 saturated heterocycles. The SMILES string of the molecule is Cc1cc2c(NCCCCCC(=O)O)ncnc2s1. The fraction of sp³-hybridized carbons (Fsp3) is 0.462. The number of hydrogen-bond acceptors (Lipinski definition) is 5. The highest BCUT2D eigenvalue weighted by molar-refractivity contribution is 7.18. The second-order valence-electron chi connectivity index (χ2n) is 4.43. The number of thiophene rings is 1. The highest BCUT2D eigenvalue weighted by Crippen LogP contribution is 2.27. The first-order valence-electron chi connectivity index (χ1n) is 6.33. The van der Waals surface area contributed by atoms with Crippen molar-refractivity contribution in [3.63, 3.8) is 0 Å². The Hall–Kier alpha value is -1.69. The monoisotopic (exact) mass is 279 g/mol. The summed E-state index contributed by atoms with van der Waals surface area (Å²) in [5.74, 6) is 0.145. The van der Waals surface area contributed by atoms with Gasteiger partial charge >= 0.3 is 5.97 Å². The molecule has 102 valence electrons. The van der Waals surface area contributed by atoms with Gasteiger partial charge in [0.25, 0.3) is 0 Å². The molecule has 0 aromatic carbocycles. The van der Waals surface area contributed by atoms with Crippen LogP contribution in [-0.2, 0) is 4.79 Å². The summed E-state index contributed by atoms with van der Waals surface area (Å²) in [7, 11) is 0. The number of carboxylic acids is 1. The lowest BCUT2D eigenvalue weighted by Gasteiger charge is -2.05. The standard InChI is InChI=1S/C13H17N3O2S/c1-9-7-10-12(15-8-16-13(10)19-9)14-6-4-2-3-5-11(17)18/h7-8H,2-6H2,1H3,(H,17,18)(H,14,15,16). The van der Waals surface area contributed by atoms with Crippen molar-refractivity contribution >= 4 is 33.3 Å². The van der Waals surface area contributed by atoms with Gasteiger partial charge < -0.3 is 10.4 Å². The van der Waals surface area contributed by atoms with Gasteiger partial charge in [-0.25, -0.2) is 9.97 Å². The minimum atomic E-state index is -0.723. The third-order valence-electron chi connectivity index (χ3n) is 2.81. The van der Waals surface area contributed by atoms with Gasteiger partial charge in [-0.15, -0.1) is 11.3 Å². The van der Waals surface area contributed by atoms with Gasteiger partial charge in [0.2, 0.25) is 0 Å². The van der Waals surface area contributed by atoms with E-state index >= 15 is 0 Å². The van der Waals surface area contributed by atoms with Crippen LogP contribution in [0.4, 0.5) is 5.82 Å². The van der Waals surface area contributed by atoms with Crippen LogP contribution in [0.2, 0.25) is 0 Å². The summed E-state index contributed by atoms with van der Waals surface area (Å²) in [6, 6.07) is 2.09. The number of nitrogens with zero attached hydrogens (tertiary/aromatic N) is 2. The van der Waals surface area contributed by atoms with Gasteiger partial charge in [-0.2, -0.15) is 0 Å². The van der Waals surface area contributed by atoms with E-state index < -0.39 is 5.97 Å². The molecule has 0 aliphatic rings. The van der Waals surface area contributed by atoms with Crippen molar-refractivity contribution in [3.8, 4) is 0 Å². The average Bonchev–Trinajstić information content (AvgIpc) is 2.74. The Kier molecular flexibility index (Phi) is 4.68. The molecule has 0 spiro atoms. The molecule has 0 atom stereocenters. The second kappa shape index (κ2) is 6.47. The van der Waals surface area contributed by atoms with Crippen molar-refractivity contribution in [1.29, 1.82) is 0 Å². The van der Waals surface area contributed by atoms with Crippen molar-refractivity contribution < 1.29 is 9.90 Å². The minimum Gasteiger partial charge on any atom is -0.481 e. The van der Waals surface area contributed by atoms with Crippen molar-refractivity contribution in [1.82, 2.24) is 9.97 Å². The van der Waals surface area contributed by atoms with E-state index in [0.717, 1.165) is 41.8 Å². The molecule has 0 amide bonds. The number of hydrogen-bond donors (Lipinski definition) is 2. The number of aryl methyl sites for hydroxylation is 1. The topological polar surface area (TPSA) is 75.1 Å². The third-order valence-corrected chi connectivity index (χ3v) is 3.77. The maximum atomic E-state index is 10.4. The lowest BCUT2D eigenvalue weighted by Crippen LogP contribution is -2.04. The molecule has 0 radical (unpaired) electrons. The first-order chi connectivity index (χ1) is 9.16. The van der Waals surface area contributed by atoms with Crippen molar-refractivity contribution in [3.05, 3.63) is 17.3 Å². The van der Waals surface area contributed by atoms with E-state index in [9.17, 15) is 4.79 Å². The van der Waals surface area contributed by atoms with E-state index in [-0.39, 0.29) is 6.42 Å². The zero-order chi connectivity index (χ0) is 13.7. The summed E-state index contributed by atoms with van der Waals surface area (Å²) in [6.45, 7) is 2.86. The summed E-state index contributed by atoms with van der Waals surface area (Å²) in [5, 5.41) is 12.9. The summed E-state index contributed by atoms with van der Waals surface area (Å²) in [5.41, 5.74) is 0.